The second-order valence-corrected chi connectivity index (χ2v) is 6.95. The van der Waals surface area contributed by atoms with Gasteiger partial charge in [-0.05, 0) is 54.8 Å². The Labute approximate surface area is 110 Å². The number of carboxylic acids is 1. The molecule has 0 aromatic carbocycles. The highest BCUT2D eigenvalue weighted by Gasteiger charge is 2.60. The first-order valence-electron chi connectivity index (χ1n) is 7.90. The summed E-state index contributed by atoms with van der Waals surface area (Å²) in [6.07, 6.45) is 7.53. The van der Waals surface area contributed by atoms with Crippen LogP contribution in [0.15, 0.2) is 0 Å². The Morgan fingerprint density at radius 1 is 1.11 bits per heavy atom. The molecule has 3 fully saturated rings. The summed E-state index contributed by atoms with van der Waals surface area (Å²) in [5.74, 6) is 4.11. The van der Waals surface area contributed by atoms with Gasteiger partial charge in [0, 0.05) is 0 Å². The van der Waals surface area contributed by atoms with Crippen LogP contribution in [0.5, 0.6) is 0 Å². The lowest BCUT2D eigenvalue weighted by atomic mass is 9.70. The lowest BCUT2D eigenvalue weighted by molar-refractivity contribution is -0.145. The quantitative estimate of drug-likeness (QED) is 0.824. The summed E-state index contributed by atoms with van der Waals surface area (Å²) in [5, 5.41) is 9.38. The molecule has 102 valence electrons. The number of rotatable bonds is 4. The van der Waals surface area contributed by atoms with E-state index in [1.54, 1.807) is 0 Å². The first-order chi connectivity index (χ1) is 8.67. The van der Waals surface area contributed by atoms with E-state index in [9.17, 15) is 9.90 Å². The van der Waals surface area contributed by atoms with Crippen molar-refractivity contribution in [2.75, 3.05) is 0 Å². The van der Waals surface area contributed by atoms with Crippen LogP contribution in [-0.2, 0) is 4.79 Å². The van der Waals surface area contributed by atoms with E-state index in [1.165, 1.54) is 32.1 Å². The van der Waals surface area contributed by atoms with Crippen molar-refractivity contribution in [2.45, 2.75) is 52.4 Å². The zero-order valence-electron chi connectivity index (χ0n) is 11.6. The van der Waals surface area contributed by atoms with Crippen LogP contribution in [0.25, 0.3) is 0 Å². The van der Waals surface area contributed by atoms with E-state index >= 15 is 0 Å². The smallest absolute Gasteiger partial charge is 0.306 e. The van der Waals surface area contributed by atoms with Gasteiger partial charge in [-0.3, -0.25) is 4.79 Å². The van der Waals surface area contributed by atoms with E-state index in [1.807, 2.05) is 0 Å². The van der Waals surface area contributed by atoms with Gasteiger partial charge in [0.25, 0.3) is 0 Å². The van der Waals surface area contributed by atoms with Crippen LogP contribution >= 0.6 is 0 Å². The number of carbonyl (C=O) groups is 1. The van der Waals surface area contributed by atoms with Crippen molar-refractivity contribution >= 4 is 5.97 Å². The molecule has 3 rings (SSSR count). The topological polar surface area (TPSA) is 37.3 Å². The maximum Gasteiger partial charge on any atom is 0.306 e. The average molecular weight is 250 g/mol. The van der Waals surface area contributed by atoms with Gasteiger partial charge in [-0.1, -0.05) is 33.1 Å². The van der Waals surface area contributed by atoms with Gasteiger partial charge < -0.3 is 5.11 Å². The molecule has 7 atom stereocenters. The van der Waals surface area contributed by atoms with E-state index in [0.29, 0.717) is 5.92 Å². The van der Waals surface area contributed by atoms with Crippen molar-refractivity contribution in [3.05, 3.63) is 0 Å². The number of carboxylic acid groups (broad SMARTS) is 1. The number of hydrogen-bond acceptors (Lipinski definition) is 1. The first-order valence-corrected chi connectivity index (χ1v) is 7.90. The molecular weight excluding hydrogens is 224 g/mol. The second kappa shape index (κ2) is 4.54. The molecule has 0 spiro atoms. The van der Waals surface area contributed by atoms with Crippen molar-refractivity contribution in [1.82, 2.24) is 0 Å². The fourth-order valence-electron chi connectivity index (χ4n) is 5.92. The summed E-state index contributed by atoms with van der Waals surface area (Å²) < 4.78 is 0. The predicted octanol–water partition coefficient (Wildman–Crippen LogP) is 3.81. The third-order valence-electron chi connectivity index (χ3n) is 6.33. The van der Waals surface area contributed by atoms with Crippen LogP contribution in [0.1, 0.15) is 52.4 Å². The molecule has 1 N–H and O–H groups in total. The third kappa shape index (κ3) is 1.64. The molecule has 0 amide bonds. The van der Waals surface area contributed by atoms with E-state index in [2.05, 4.69) is 13.8 Å². The maximum atomic E-state index is 11.4. The molecule has 0 aromatic heterocycles. The number of fused-ring (bicyclic) bond motifs is 5. The summed E-state index contributed by atoms with van der Waals surface area (Å²) in [4.78, 5) is 11.4. The van der Waals surface area contributed by atoms with Gasteiger partial charge >= 0.3 is 5.97 Å². The Kier molecular flexibility index (Phi) is 3.15. The Bertz CT molecular complexity index is 338. The molecule has 0 saturated heterocycles. The molecule has 0 heterocycles. The lowest BCUT2D eigenvalue weighted by Crippen LogP contribution is -2.33. The summed E-state index contributed by atoms with van der Waals surface area (Å²) in [7, 11) is 0. The molecule has 7 unspecified atom stereocenters. The minimum absolute atomic E-state index is 0.00863. The molecule has 3 aliphatic rings. The van der Waals surface area contributed by atoms with Crippen molar-refractivity contribution in [1.29, 1.82) is 0 Å². The van der Waals surface area contributed by atoms with Crippen LogP contribution in [0.2, 0.25) is 0 Å². The van der Waals surface area contributed by atoms with Gasteiger partial charge in [-0.15, -0.1) is 0 Å². The highest BCUT2D eigenvalue weighted by molar-refractivity contribution is 5.71. The summed E-state index contributed by atoms with van der Waals surface area (Å²) in [5.41, 5.74) is 0. The second-order valence-electron chi connectivity index (χ2n) is 6.95. The molecule has 2 bridgehead atoms. The largest absolute Gasteiger partial charge is 0.481 e. The van der Waals surface area contributed by atoms with Gasteiger partial charge in [-0.2, -0.15) is 0 Å². The number of hydrogen-bond donors (Lipinski definition) is 1. The molecular formula is C16H26O2. The highest BCUT2D eigenvalue weighted by atomic mass is 16.4. The SMILES string of the molecule is CCCC1CC(CC)C2C3CC(CC3C(=O)O)C12. The van der Waals surface area contributed by atoms with E-state index in [4.69, 9.17) is 0 Å². The normalized spacial score (nSPS) is 49.6. The zero-order chi connectivity index (χ0) is 12.9. The van der Waals surface area contributed by atoms with E-state index in [-0.39, 0.29) is 5.92 Å². The fraction of sp³-hybridized carbons (Fsp3) is 0.938. The Hall–Kier alpha value is -0.530. The van der Waals surface area contributed by atoms with Crippen LogP contribution < -0.4 is 0 Å². The standard InChI is InChI=1S/C16H26O2/c1-3-5-10-6-9(4-2)15-12-7-11(14(10)15)8-13(12)16(17)18/h9-15H,3-8H2,1-2H3,(H,17,18). The molecule has 2 nitrogen and oxygen atoms in total. The van der Waals surface area contributed by atoms with Crippen LogP contribution in [0.4, 0.5) is 0 Å². The van der Waals surface area contributed by atoms with Crippen LogP contribution in [-0.4, -0.2) is 11.1 Å². The fourth-order valence-corrected chi connectivity index (χ4v) is 5.92. The molecule has 3 saturated carbocycles. The monoisotopic (exact) mass is 250 g/mol. The van der Waals surface area contributed by atoms with Crippen molar-refractivity contribution < 1.29 is 9.90 Å². The maximum absolute atomic E-state index is 11.4. The van der Waals surface area contributed by atoms with E-state index < -0.39 is 5.97 Å². The van der Waals surface area contributed by atoms with Crippen LogP contribution in [0.3, 0.4) is 0 Å². The van der Waals surface area contributed by atoms with Gasteiger partial charge in [-0.25, -0.2) is 0 Å². The number of aliphatic carboxylic acids is 1. The van der Waals surface area contributed by atoms with Gasteiger partial charge in [0.15, 0.2) is 0 Å². The summed E-state index contributed by atoms with van der Waals surface area (Å²) in [6, 6.07) is 0. The van der Waals surface area contributed by atoms with Gasteiger partial charge in [0.1, 0.15) is 0 Å². The third-order valence-corrected chi connectivity index (χ3v) is 6.33. The van der Waals surface area contributed by atoms with Crippen molar-refractivity contribution in [3.8, 4) is 0 Å². The van der Waals surface area contributed by atoms with Crippen molar-refractivity contribution in [3.63, 3.8) is 0 Å². The van der Waals surface area contributed by atoms with Gasteiger partial charge in [0.2, 0.25) is 0 Å². The summed E-state index contributed by atoms with van der Waals surface area (Å²) >= 11 is 0. The minimum atomic E-state index is -0.519. The molecule has 0 aliphatic heterocycles. The zero-order valence-corrected chi connectivity index (χ0v) is 11.6. The van der Waals surface area contributed by atoms with Crippen LogP contribution in [0, 0.1) is 41.4 Å². The lowest BCUT2D eigenvalue weighted by Gasteiger charge is -2.34. The molecule has 0 aromatic rings. The Morgan fingerprint density at radius 2 is 1.89 bits per heavy atom. The molecule has 2 heteroatoms. The Morgan fingerprint density at radius 3 is 2.50 bits per heavy atom. The first kappa shape index (κ1) is 12.5. The average Bonchev–Trinajstić information content (AvgIpc) is 2.98. The van der Waals surface area contributed by atoms with Crippen molar-refractivity contribution in [2.24, 2.45) is 41.4 Å². The predicted molar refractivity (Wildman–Crippen MR) is 71.1 cm³/mol. The van der Waals surface area contributed by atoms with Gasteiger partial charge in [0.05, 0.1) is 5.92 Å². The molecule has 3 aliphatic carbocycles. The minimum Gasteiger partial charge on any atom is -0.481 e. The summed E-state index contributed by atoms with van der Waals surface area (Å²) in [6.45, 7) is 4.60. The molecule has 0 radical (unpaired) electrons. The molecule has 18 heavy (non-hydrogen) atoms. The van der Waals surface area contributed by atoms with E-state index in [0.717, 1.165) is 36.0 Å². The Balaban J connectivity index is 1.82. The highest BCUT2D eigenvalue weighted by Crippen LogP contribution is 2.65.